The van der Waals surface area contributed by atoms with Gasteiger partial charge in [0.05, 0.1) is 0 Å². The Morgan fingerprint density at radius 3 is 1.37 bits per heavy atom. The molecule has 2 unspecified atom stereocenters. The number of rotatable bonds is 5. The Balaban J connectivity index is 1.58. The van der Waals surface area contributed by atoms with Crippen LogP contribution in [-0.4, -0.2) is 10.5 Å². The van der Waals surface area contributed by atoms with Crippen LogP contribution in [0.15, 0.2) is 108 Å². The van der Waals surface area contributed by atoms with E-state index < -0.39 is 15.9 Å². The second-order valence-corrected chi connectivity index (χ2v) is 55.8. The maximum atomic E-state index is 7.37. The van der Waals surface area contributed by atoms with E-state index in [2.05, 4.69) is 139 Å². The Kier molecular flexibility index (Phi) is 5.90. The van der Waals surface area contributed by atoms with E-state index in [4.69, 9.17) is 11.6 Å². The van der Waals surface area contributed by atoms with Gasteiger partial charge in [-0.05, 0) is 0 Å². The first-order valence-electron chi connectivity index (χ1n) is 13.7. The molecule has 0 saturated heterocycles. The van der Waals surface area contributed by atoms with Crippen LogP contribution in [0.3, 0.4) is 0 Å². The summed E-state index contributed by atoms with van der Waals surface area (Å²) in [5, 5.41) is 0. The second-order valence-electron chi connectivity index (χ2n) is 13.4. The molecule has 0 saturated carbocycles. The maximum absolute atomic E-state index is 7.37. The zero-order chi connectivity index (χ0) is 26.8. The van der Waals surface area contributed by atoms with Crippen LogP contribution in [0.2, 0.25) is 9.26 Å². The van der Waals surface area contributed by atoms with Crippen LogP contribution in [-0.2, 0) is 15.9 Å². The molecule has 0 nitrogen and oxygen atoms in total. The third kappa shape index (κ3) is 3.71. The third-order valence-electron chi connectivity index (χ3n) is 9.55. The fraction of sp³-hybridized carbons (Fsp3) is 0.200. The van der Waals surface area contributed by atoms with E-state index in [-0.39, 0.29) is 0 Å². The molecule has 0 N–H and O–H groups in total. The zero-order valence-electron chi connectivity index (χ0n) is 22.8. The minimum atomic E-state index is -4.41. The summed E-state index contributed by atoms with van der Waals surface area (Å²) < 4.78 is 6.78. The topological polar surface area (TPSA) is 0 Å². The molecule has 4 aromatic carbocycles. The van der Waals surface area contributed by atoms with Crippen molar-refractivity contribution in [3.05, 3.63) is 130 Å². The van der Waals surface area contributed by atoms with Crippen molar-refractivity contribution in [2.75, 3.05) is 3.59 Å². The number of fused-ring (bicyclic) bond motifs is 2. The van der Waals surface area contributed by atoms with E-state index in [9.17, 15) is 0 Å². The first kappa shape index (κ1) is 26.0. The van der Waals surface area contributed by atoms with Crippen molar-refractivity contribution >= 4 is 30.6 Å². The van der Waals surface area contributed by atoms with Crippen LogP contribution in [0.4, 0.5) is 0 Å². The molecule has 6 rings (SSSR count). The van der Waals surface area contributed by atoms with Crippen LogP contribution in [0, 0.1) is 0 Å². The van der Waals surface area contributed by atoms with Crippen LogP contribution in [0.5, 0.6) is 0 Å². The standard InChI is InChI=1S/2C16H13.CH2Cl.2CH3.H2Si.Zr/c2*1-12-10-14-8-5-9-15(16(14)11-12)13-6-3-2-4-7-13;1-2;;;;/h2*2-11H,1H3;1H2;2*1H3;1H2;. The monoisotopic (exact) mass is 609 g/mol. The van der Waals surface area contributed by atoms with Gasteiger partial charge in [0.25, 0.3) is 0 Å². The van der Waals surface area contributed by atoms with Gasteiger partial charge >= 0.3 is 233 Å². The number of hydrogen-bond donors (Lipinski definition) is 0. The molecule has 2 atom stereocenters. The van der Waals surface area contributed by atoms with Gasteiger partial charge in [-0.1, -0.05) is 0 Å². The van der Waals surface area contributed by atoms with E-state index in [1.54, 1.807) is 0 Å². The van der Waals surface area contributed by atoms with E-state index in [1.807, 2.05) is 0 Å². The molecule has 191 valence electrons. The van der Waals surface area contributed by atoms with Crippen molar-refractivity contribution in [1.29, 1.82) is 0 Å². The Morgan fingerprint density at radius 1 is 0.605 bits per heavy atom. The molecular weight excluding hydrogens is 575 g/mol. The van der Waals surface area contributed by atoms with Crippen molar-refractivity contribution in [1.82, 2.24) is 0 Å². The molecule has 4 aromatic rings. The van der Waals surface area contributed by atoms with Crippen molar-refractivity contribution in [3.63, 3.8) is 0 Å². The molecule has 3 heteroatoms. The molecule has 0 amide bonds. The zero-order valence-corrected chi connectivity index (χ0v) is 27.5. The van der Waals surface area contributed by atoms with Gasteiger partial charge in [-0.2, -0.15) is 0 Å². The van der Waals surface area contributed by atoms with Crippen LogP contribution < -0.4 is 0 Å². The van der Waals surface area contributed by atoms with E-state index in [0.717, 1.165) is 3.59 Å². The molecule has 0 spiro atoms. The normalized spacial score (nSPS) is 20.1. The molecule has 0 bridgehead atoms. The van der Waals surface area contributed by atoms with Gasteiger partial charge in [0, 0.05) is 0 Å². The van der Waals surface area contributed by atoms with Crippen molar-refractivity contribution < 1.29 is 15.9 Å². The summed E-state index contributed by atoms with van der Waals surface area (Å²) in [5.74, 6) is 0. The fourth-order valence-corrected chi connectivity index (χ4v) is 34.7. The summed E-state index contributed by atoms with van der Waals surface area (Å²) in [5.41, 5.74) is 13.9. The average molecular weight is 611 g/mol. The van der Waals surface area contributed by atoms with Crippen LogP contribution in [0.1, 0.15) is 43.4 Å². The van der Waals surface area contributed by atoms with Crippen molar-refractivity contribution in [2.24, 2.45) is 0 Å². The molecule has 2 aliphatic rings. The quantitative estimate of drug-likeness (QED) is 0.156. The molecule has 0 aliphatic heterocycles. The third-order valence-corrected chi connectivity index (χ3v) is 41.5. The Bertz CT molecular complexity index is 1620. The van der Waals surface area contributed by atoms with Gasteiger partial charge in [0.1, 0.15) is 0 Å². The van der Waals surface area contributed by atoms with Crippen LogP contribution >= 0.6 is 11.6 Å². The van der Waals surface area contributed by atoms with Crippen LogP contribution in [0.25, 0.3) is 34.4 Å². The van der Waals surface area contributed by atoms with Gasteiger partial charge < -0.3 is 0 Å². The predicted molar refractivity (Wildman–Crippen MR) is 168 cm³/mol. The van der Waals surface area contributed by atoms with Gasteiger partial charge in [-0.15, -0.1) is 0 Å². The number of benzene rings is 4. The van der Waals surface area contributed by atoms with Crippen molar-refractivity contribution in [2.45, 2.75) is 30.4 Å². The van der Waals surface area contributed by atoms with Gasteiger partial charge in [-0.25, -0.2) is 0 Å². The van der Waals surface area contributed by atoms with Crippen molar-refractivity contribution in [3.8, 4) is 22.3 Å². The second kappa shape index (κ2) is 8.62. The van der Waals surface area contributed by atoms with Gasteiger partial charge in [0.15, 0.2) is 0 Å². The summed E-state index contributed by atoms with van der Waals surface area (Å²) in [6.45, 7) is 7.05. The minimum absolute atomic E-state index is 0.366. The summed E-state index contributed by atoms with van der Waals surface area (Å²) >= 11 is 2.96. The number of allylic oxidation sites excluding steroid dienone is 2. The summed E-state index contributed by atoms with van der Waals surface area (Å²) in [6, 6.07) is 35.5. The Labute approximate surface area is 231 Å². The first-order chi connectivity index (χ1) is 18.1. The predicted octanol–water partition coefficient (Wildman–Crippen LogP) is 9.70. The number of halogens is 1. The molecule has 0 radical (unpaired) electrons. The van der Waals surface area contributed by atoms with E-state index in [1.165, 1.54) is 55.7 Å². The first-order valence-corrected chi connectivity index (χ1v) is 29.6. The van der Waals surface area contributed by atoms with Gasteiger partial charge in [0.2, 0.25) is 0 Å². The molecule has 0 heterocycles. The van der Waals surface area contributed by atoms with E-state index in [0.29, 0.717) is 7.25 Å². The fourth-order valence-electron chi connectivity index (χ4n) is 8.22. The average Bonchev–Trinajstić information content (AvgIpc) is 3.46. The Morgan fingerprint density at radius 2 is 1.00 bits per heavy atom. The summed E-state index contributed by atoms with van der Waals surface area (Å²) in [7, 11) is 0. The molecular formula is C35H36ClSiZr. The molecule has 0 fully saturated rings. The van der Waals surface area contributed by atoms with E-state index >= 15 is 0 Å². The molecule has 2 aliphatic carbocycles. The molecule has 38 heavy (non-hydrogen) atoms. The number of hydrogen-bond acceptors (Lipinski definition) is 0. The summed E-state index contributed by atoms with van der Waals surface area (Å²) in [4.78, 5) is 0. The SMILES string of the molecule is CC1=Cc2c(-c3ccccc3)cccc2[CH]1[Zr]([CH3])([CH3])(=[SiH2])([CH2]Cl)[CH]1C(C)=Cc2c(-c3ccccc3)cccc21. The van der Waals surface area contributed by atoms with Gasteiger partial charge in [-0.3, -0.25) is 0 Å². The Hall–Kier alpha value is -2.25. The number of alkyl halides is 1. The molecule has 0 aromatic heterocycles. The summed E-state index contributed by atoms with van der Waals surface area (Å²) in [6.07, 6.45) is 4.94.